The van der Waals surface area contributed by atoms with Crippen LogP contribution in [0.5, 0.6) is 5.75 Å². The van der Waals surface area contributed by atoms with Gasteiger partial charge in [-0.1, -0.05) is 30.3 Å². The number of rotatable bonds is 9. The summed E-state index contributed by atoms with van der Waals surface area (Å²) < 4.78 is 41.5. The molecule has 9 nitrogen and oxygen atoms in total. The van der Waals surface area contributed by atoms with Crippen molar-refractivity contribution in [3.8, 4) is 5.75 Å². The highest BCUT2D eigenvalue weighted by molar-refractivity contribution is 7.81. The topological polar surface area (TPSA) is 130 Å². The fraction of sp³-hybridized carbons (Fsp3) is 0.111. The molecule has 1 aromatic heterocycles. The van der Waals surface area contributed by atoms with E-state index in [1.807, 2.05) is 0 Å². The van der Waals surface area contributed by atoms with Gasteiger partial charge in [0.2, 0.25) is 0 Å². The number of hydrogen-bond donors (Lipinski definition) is 2. The summed E-state index contributed by atoms with van der Waals surface area (Å²) in [7, 11) is -4.57. The molecule has 2 aromatic carbocycles. The van der Waals surface area contributed by atoms with Gasteiger partial charge in [-0.25, -0.2) is 13.1 Å². The van der Waals surface area contributed by atoms with Gasteiger partial charge >= 0.3 is 7.60 Å². The van der Waals surface area contributed by atoms with E-state index in [0.29, 0.717) is 10.6 Å². The van der Waals surface area contributed by atoms with Gasteiger partial charge in [-0.05, 0) is 35.2 Å². The van der Waals surface area contributed by atoms with Crippen molar-refractivity contribution >= 4 is 40.9 Å². The van der Waals surface area contributed by atoms with Gasteiger partial charge in [0.15, 0.2) is 5.78 Å². The highest BCUT2D eigenvalue weighted by Crippen LogP contribution is 2.52. The van der Waals surface area contributed by atoms with E-state index in [0.717, 1.165) is 27.8 Å². The van der Waals surface area contributed by atoms with E-state index in [1.165, 1.54) is 12.1 Å². The van der Waals surface area contributed by atoms with Crippen molar-refractivity contribution in [2.45, 2.75) is 12.2 Å². The first-order chi connectivity index (χ1) is 14.3. The van der Waals surface area contributed by atoms with Crippen molar-refractivity contribution in [3.05, 3.63) is 87.8 Å². The molecule has 0 fully saturated rings. The maximum absolute atomic E-state index is 13.3. The number of thiophene rings is 1. The molecule has 0 aliphatic heterocycles. The molecule has 12 heteroatoms. The van der Waals surface area contributed by atoms with Gasteiger partial charge in [-0.3, -0.25) is 14.7 Å². The Balaban J connectivity index is 1.97. The second kappa shape index (κ2) is 9.50. The zero-order chi connectivity index (χ0) is 21.7. The summed E-state index contributed by atoms with van der Waals surface area (Å²) in [5, 5.41) is 12.8. The van der Waals surface area contributed by atoms with Gasteiger partial charge < -0.3 is 9.42 Å². The van der Waals surface area contributed by atoms with Crippen LogP contribution in [0.15, 0.2) is 72.1 Å². The smallest absolute Gasteiger partial charge is 0.400 e. The molecule has 0 aliphatic rings. The Morgan fingerprint density at radius 2 is 1.80 bits per heavy atom. The number of benzene rings is 2. The molecular formula is C18H17N2O7PS2. The molecule has 0 spiro atoms. The minimum Gasteiger partial charge on any atom is -0.423 e. The van der Waals surface area contributed by atoms with E-state index in [1.54, 1.807) is 47.8 Å². The van der Waals surface area contributed by atoms with E-state index >= 15 is 0 Å². The molecule has 3 atom stereocenters. The van der Waals surface area contributed by atoms with Gasteiger partial charge in [-0.15, -0.1) is 11.3 Å². The second-order valence-corrected chi connectivity index (χ2v) is 9.77. The molecule has 0 radical (unpaired) electrons. The molecule has 1 heterocycles. The molecule has 3 rings (SSSR count). The van der Waals surface area contributed by atoms with E-state index in [4.69, 9.17) is 4.52 Å². The van der Waals surface area contributed by atoms with E-state index < -0.39 is 29.6 Å². The number of anilines is 1. The highest BCUT2D eigenvalue weighted by Gasteiger charge is 2.42. The SMILES string of the molecule is O=[N+]([O-])c1ccc(OP(=O)(O)C(Cc2ccccc2)N(c2cccs2)S(=O)O)cc1. The molecule has 0 saturated carbocycles. The molecule has 3 unspecified atom stereocenters. The zero-order valence-corrected chi connectivity index (χ0v) is 17.8. The summed E-state index contributed by atoms with van der Waals surface area (Å²) in [5.41, 5.74) is 0.462. The lowest BCUT2D eigenvalue weighted by Gasteiger charge is -2.31. The summed E-state index contributed by atoms with van der Waals surface area (Å²) in [6.45, 7) is 0. The Bertz CT molecular complexity index is 1060. The van der Waals surface area contributed by atoms with Crippen LogP contribution in [0, 0.1) is 10.1 Å². The highest BCUT2D eigenvalue weighted by atomic mass is 32.2. The van der Waals surface area contributed by atoms with Crippen molar-refractivity contribution in [2.75, 3.05) is 4.31 Å². The van der Waals surface area contributed by atoms with Gasteiger partial charge in [0, 0.05) is 18.6 Å². The van der Waals surface area contributed by atoms with Crippen LogP contribution < -0.4 is 8.83 Å². The molecule has 0 aliphatic carbocycles. The maximum Gasteiger partial charge on any atom is 0.400 e. The van der Waals surface area contributed by atoms with Crippen LogP contribution >= 0.6 is 18.9 Å². The van der Waals surface area contributed by atoms with E-state index in [-0.39, 0.29) is 17.9 Å². The third-order valence-electron chi connectivity index (χ3n) is 4.08. The minimum atomic E-state index is -4.57. The predicted molar refractivity (Wildman–Crippen MR) is 115 cm³/mol. The molecule has 0 bridgehead atoms. The second-order valence-electron chi connectivity index (χ2n) is 6.08. The van der Waals surface area contributed by atoms with Crippen LogP contribution in [0.25, 0.3) is 0 Å². The average molecular weight is 468 g/mol. The van der Waals surface area contributed by atoms with E-state index in [9.17, 15) is 28.3 Å². The quantitative estimate of drug-likeness (QED) is 0.206. The van der Waals surface area contributed by atoms with Crippen LogP contribution in [-0.2, 0) is 22.3 Å². The van der Waals surface area contributed by atoms with E-state index in [2.05, 4.69) is 0 Å². The van der Waals surface area contributed by atoms with Gasteiger partial charge in [0.05, 0.1) is 4.92 Å². The van der Waals surface area contributed by atoms with Gasteiger partial charge in [0.1, 0.15) is 10.8 Å². The average Bonchev–Trinajstić information content (AvgIpc) is 3.22. The summed E-state index contributed by atoms with van der Waals surface area (Å²) in [4.78, 5) is 21.0. The molecule has 0 amide bonds. The number of nitrogens with zero attached hydrogens (tertiary/aromatic N) is 2. The standard InChI is InChI=1S/C18H17N2O7PS2/c21-20(22)15-8-10-16(11-9-15)27-28(23,24)17(13-14-5-2-1-3-6-14)19(30(25)26)18-7-4-12-29-18/h1-12,17H,13H2,(H,23,24)(H,25,26). The Morgan fingerprint density at radius 3 is 2.33 bits per heavy atom. The Morgan fingerprint density at radius 1 is 1.13 bits per heavy atom. The molecule has 3 aromatic rings. The van der Waals surface area contributed by atoms with Crippen LogP contribution in [0.3, 0.4) is 0 Å². The Kier molecular flexibility index (Phi) is 7.01. The maximum atomic E-state index is 13.3. The largest absolute Gasteiger partial charge is 0.423 e. The molecule has 30 heavy (non-hydrogen) atoms. The molecular weight excluding hydrogens is 451 g/mol. The molecule has 158 valence electrons. The van der Waals surface area contributed by atoms with Crippen LogP contribution in [-0.4, -0.2) is 24.4 Å². The normalized spacial score (nSPS) is 15.0. The van der Waals surface area contributed by atoms with Crippen molar-refractivity contribution < 1.29 is 27.7 Å². The van der Waals surface area contributed by atoms with Crippen molar-refractivity contribution in [3.63, 3.8) is 0 Å². The summed E-state index contributed by atoms with van der Waals surface area (Å²) >= 11 is -1.47. The fourth-order valence-corrected chi connectivity index (χ4v) is 6.28. The third-order valence-corrected chi connectivity index (χ3v) is 7.65. The van der Waals surface area contributed by atoms with Crippen LogP contribution in [0.1, 0.15) is 5.56 Å². The zero-order valence-electron chi connectivity index (χ0n) is 15.3. The first-order valence-corrected chi connectivity index (χ1v) is 12.1. The lowest BCUT2D eigenvalue weighted by molar-refractivity contribution is -0.384. The monoisotopic (exact) mass is 468 g/mol. The Hall–Kier alpha value is -2.56. The lowest BCUT2D eigenvalue weighted by Crippen LogP contribution is -2.38. The first-order valence-electron chi connectivity index (χ1n) is 8.52. The summed E-state index contributed by atoms with van der Waals surface area (Å²) in [6, 6.07) is 16.6. The van der Waals surface area contributed by atoms with Gasteiger partial charge in [0.25, 0.3) is 17.0 Å². The minimum absolute atomic E-state index is 0.0498. The first kappa shape index (κ1) is 22.1. The Labute approximate surface area is 178 Å². The van der Waals surface area contributed by atoms with Crippen molar-refractivity contribution in [1.82, 2.24) is 0 Å². The fourth-order valence-electron chi connectivity index (χ4n) is 2.72. The number of non-ortho nitro benzene ring substituents is 1. The van der Waals surface area contributed by atoms with Gasteiger partial charge in [-0.2, -0.15) is 0 Å². The summed E-state index contributed by atoms with van der Waals surface area (Å²) in [5.74, 6) is -1.46. The molecule has 0 saturated heterocycles. The van der Waals surface area contributed by atoms with Crippen LogP contribution in [0.2, 0.25) is 0 Å². The third kappa shape index (κ3) is 5.32. The van der Waals surface area contributed by atoms with Crippen LogP contribution in [0.4, 0.5) is 10.7 Å². The van der Waals surface area contributed by atoms with Crippen molar-refractivity contribution in [1.29, 1.82) is 0 Å². The molecule has 2 N–H and O–H groups in total. The number of nitro groups is 1. The number of nitro benzene ring substituents is 1. The lowest BCUT2D eigenvalue weighted by atomic mass is 10.1. The number of hydrogen-bond acceptors (Lipinski definition) is 6. The predicted octanol–water partition coefficient (Wildman–Crippen LogP) is 4.43. The summed E-state index contributed by atoms with van der Waals surface area (Å²) in [6.07, 6.45) is -0.0498. The van der Waals surface area contributed by atoms with Crippen molar-refractivity contribution in [2.24, 2.45) is 0 Å².